The van der Waals surface area contributed by atoms with Gasteiger partial charge in [-0.25, -0.2) is 9.37 Å². The van der Waals surface area contributed by atoms with E-state index in [2.05, 4.69) is 9.97 Å². The molecule has 0 aliphatic carbocycles. The van der Waals surface area contributed by atoms with Crippen molar-refractivity contribution in [2.24, 2.45) is 5.73 Å². The lowest BCUT2D eigenvalue weighted by Gasteiger charge is -2.16. The van der Waals surface area contributed by atoms with Crippen LogP contribution in [0.15, 0.2) is 18.5 Å². The maximum absolute atomic E-state index is 13.5. The predicted octanol–water partition coefficient (Wildman–Crippen LogP) is 1.72. The van der Waals surface area contributed by atoms with Gasteiger partial charge in [0.15, 0.2) is 0 Å². The van der Waals surface area contributed by atoms with Crippen LogP contribution < -0.4 is 5.73 Å². The number of aromatic amines is 1. The van der Waals surface area contributed by atoms with E-state index >= 15 is 0 Å². The number of rotatable bonds is 1. The molecule has 0 saturated carbocycles. The van der Waals surface area contributed by atoms with Crippen LogP contribution in [-0.2, 0) is 0 Å². The minimum atomic E-state index is -0.446. The summed E-state index contributed by atoms with van der Waals surface area (Å²) in [6.45, 7) is 1.13. The maximum atomic E-state index is 13.5. The molecule has 20 heavy (non-hydrogen) atoms. The van der Waals surface area contributed by atoms with Gasteiger partial charge in [0.25, 0.3) is 5.91 Å². The van der Waals surface area contributed by atoms with Gasteiger partial charge in [0, 0.05) is 19.1 Å². The number of likely N-dealkylation sites (tertiary alicyclic amines) is 1. The third-order valence-corrected chi connectivity index (χ3v) is 3.23. The smallest absolute Gasteiger partial charge is 0.256 e. The summed E-state index contributed by atoms with van der Waals surface area (Å²) in [6.07, 6.45) is 2.24. The average Bonchev–Trinajstić information content (AvgIpc) is 2.95. The molecule has 1 saturated heterocycles. The van der Waals surface area contributed by atoms with E-state index in [0.717, 1.165) is 6.42 Å². The first-order valence-corrected chi connectivity index (χ1v) is 5.82. The molecule has 2 aromatic rings. The maximum Gasteiger partial charge on any atom is 0.256 e. The number of carbonyl (C=O) groups is 1. The highest BCUT2D eigenvalue weighted by Crippen LogP contribution is 2.20. The zero-order valence-electron chi connectivity index (χ0n) is 10.5. The van der Waals surface area contributed by atoms with Crippen LogP contribution in [0.5, 0.6) is 0 Å². The third-order valence-electron chi connectivity index (χ3n) is 3.23. The number of aromatic nitrogens is 2. The normalized spacial score (nSPS) is 17.7. The quantitative estimate of drug-likeness (QED) is 0.840. The Hall–Kier alpha value is -1.37. The Bertz CT molecular complexity index is 619. The zero-order chi connectivity index (χ0) is 12.7. The van der Waals surface area contributed by atoms with Gasteiger partial charge in [0.2, 0.25) is 0 Å². The first-order valence-electron chi connectivity index (χ1n) is 5.82. The van der Waals surface area contributed by atoms with Gasteiger partial charge in [-0.1, -0.05) is 0 Å². The second-order valence-corrected chi connectivity index (χ2v) is 4.55. The summed E-state index contributed by atoms with van der Waals surface area (Å²) in [5.41, 5.74) is 7.10. The molecule has 8 heteroatoms. The summed E-state index contributed by atoms with van der Waals surface area (Å²) in [7, 11) is 0. The van der Waals surface area contributed by atoms with Crippen LogP contribution in [0.2, 0.25) is 0 Å². The van der Waals surface area contributed by atoms with E-state index < -0.39 is 5.82 Å². The van der Waals surface area contributed by atoms with Crippen LogP contribution in [0, 0.1) is 5.82 Å². The highest BCUT2D eigenvalue weighted by Gasteiger charge is 2.26. The lowest BCUT2D eigenvalue weighted by atomic mass is 10.1. The Balaban J connectivity index is 0.000001000. The molecular formula is C12H15Cl2FN4O. The summed E-state index contributed by atoms with van der Waals surface area (Å²) in [4.78, 5) is 20.8. The van der Waals surface area contributed by atoms with Crippen molar-refractivity contribution in [3.05, 3.63) is 29.8 Å². The Labute approximate surface area is 127 Å². The van der Waals surface area contributed by atoms with Crippen molar-refractivity contribution in [1.82, 2.24) is 14.9 Å². The predicted molar refractivity (Wildman–Crippen MR) is 79.0 cm³/mol. The number of halogens is 3. The lowest BCUT2D eigenvalue weighted by molar-refractivity contribution is 0.0792. The van der Waals surface area contributed by atoms with Crippen molar-refractivity contribution in [2.45, 2.75) is 12.5 Å². The SMILES string of the molecule is Cl.Cl.N[C@@H]1CCN(C(=O)c2cc(F)cc3[nH]cnc23)C1. The fourth-order valence-electron chi connectivity index (χ4n) is 2.32. The summed E-state index contributed by atoms with van der Waals surface area (Å²) in [5.74, 6) is -0.654. The molecule has 2 heterocycles. The largest absolute Gasteiger partial charge is 0.344 e. The van der Waals surface area contributed by atoms with E-state index in [-0.39, 0.29) is 36.8 Å². The van der Waals surface area contributed by atoms with Gasteiger partial charge in [0.05, 0.1) is 17.4 Å². The van der Waals surface area contributed by atoms with Crippen molar-refractivity contribution >= 4 is 41.8 Å². The number of H-pyrrole nitrogens is 1. The van der Waals surface area contributed by atoms with Gasteiger partial charge < -0.3 is 15.6 Å². The Morgan fingerprint density at radius 1 is 1.45 bits per heavy atom. The molecule has 1 aromatic carbocycles. The second-order valence-electron chi connectivity index (χ2n) is 4.55. The molecule has 1 aliphatic rings. The van der Waals surface area contributed by atoms with Gasteiger partial charge in [-0.05, 0) is 18.6 Å². The molecule has 0 unspecified atom stereocenters. The number of hydrogen-bond donors (Lipinski definition) is 2. The third kappa shape index (κ3) is 2.87. The van der Waals surface area contributed by atoms with Crippen molar-refractivity contribution in [3.8, 4) is 0 Å². The number of nitrogens with two attached hydrogens (primary N) is 1. The molecule has 3 N–H and O–H groups in total. The van der Waals surface area contributed by atoms with E-state index in [1.54, 1.807) is 4.90 Å². The van der Waals surface area contributed by atoms with Crippen LogP contribution in [0.4, 0.5) is 4.39 Å². The molecule has 5 nitrogen and oxygen atoms in total. The van der Waals surface area contributed by atoms with Crippen molar-refractivity contribution in [3.63, 3.8) is 0 Å². The molecule has 0 radical (unpaired) electrons. The summed E-state index contributed by atoms with van der Waals surface area (Å²) in [5, 5.41) is 0. The standard InChI is InChI=1S/C12H13FN4O.2ClH/c13-7-3-9(11-10(4-7)15-6-16-11)12(18)17-2-1-8(14)5-17;;/h3-4,6,8H,1-2,5,14H2,(H,15,16);2*1H/t8-;;/m1../s1. The van der Waals surface area contributed by atoms with Gasteiger partial charge in [-0.2, -0.15) is 0 Å². The van der Waals surface area contributed by atoms with Crippen molar-refractivity contribution in [2.75, 3.05) is 13.1 Å². The molecule has 0 bridgehead atoms. The van der Waals surface area contributed by atoms with Crippen LogP contribution in [-0.4, -0.2) is 39.9 Å². The minimum absolute atomic E-state index is 0. The summed E-state index contributed by atoms with van der Waals surface area (Å²) in [6, 6.07) is 2.57. The van der Waals surface area contributed by atoms with E-state index in [4.69, 9.17) is 5.73 Å². The van der Waals surface area contributed by atoms with Gasteiger partial charge in [0.1, 0.15) is 11.3 Å². The number of amides is 1. The van der Waals surface area contributed by atoms with Crippen LogP contribution in [0.1, 0.15) is 16.8 Å². The monoisotopic (exact) mass is 320 g/mol. The lowest BCUT2D eigenvalue weighted by Crippen LogP contribution is -2.32. The van der Waals surface area contributed by atoms with Crippen LogP contribution in [0.25, 0.3) is 11.0 Å². The number of nitrogens with one attached hydrogen (secondary N) is 1. The second kappa shape index (κ2) is 6.39. The van der Waals surface area contributed by atoms with Crippen LogP contribution in [0.3, 0.4) is 0 Å². The molecule has 0 spiro atoms. The molecule has 3 rings (SSSR count). The molecule has 110 valence electrons. The van der Waals surface area contributed by atoms with E-state index in [9.17, 15) is 9.18 Å². The first-order chi connectivity index (χ1) is 8.65. The Morgan fingerprint density at radius 3 is 2.85 bits per heavy atom. The van der Waals surface area contributed by atoms with Crippen LogP contribution >= 0.6 is 24.8 Å². The number of nitrogens with zero attached hydrogens (tertiary/aromatic N) is 2. The molecular weight excluding hydrogens is 306 g/mol. The minimum Gasteiger partial charge on any atom is -0.344 e. The first kappa shape index (κ1) is 16.7. The van der Waals surface area contributed by atoms with Gasteiger partial charge in [-0.15, -0.1) is 24.8 Å². The number of benzene rings is 1. The Morgan fingerprint density at radius 2 is 2.20 bits per heavy atom. The van der Waals surface area contributed by atoms with Gasteiger partial charge in [-0.3, -0.25) is 4.79 Å². The highest BCUT2D eigenvalue weighted by molar-refractivity contribution is 6.04. The van der Waals surface area contributed by atoms with Crippen molar-refractivity contribution in [1.29, 1.82) is 0 Å². The van der Waals surface area contributed by atoms with Crippen molar-refractivity contribution < 1.29 is 9.18 Å². The number of fused-ring (bicyclic) bond motifs is 1. The molecule has 1 aliphatic heterocycles. The summed E-state index contributed by atoms with van der Waals surface area (Å²) < 4.78 is 13.5. The van der Waals surface area contributed by atoms with E-state index in [0.29, 0.717) is 29.7 Å². The summed E-state index contributed by atoms with van der Waals surface area (Å²) >= 11 is 0. The average molecular weight is 321 g/mol. The molecule has 1 amide bonds. The van der Waals surface area contributed by atoms with E-state index in [1.165, 1.54) is 18.5 Å². The number of hydrogen-bond acceptors (Lipinski definition) is 3. The van der Waals surface area contributed by atoms with Gasteiger partial charge >= 0.3 is 0 Å². The molecule has 1 fully saturated rings. The fourth-order valence-corrected chi connectivity index (χ4v) is 2.32. The fraction of sp³-hybridized carbons (Fsp3) is 0.333. The molecule has 1 aromatic heterocycles. The highest BCUT2D eigenvalue weighted by atomic mass is 35.5. The number of carbonyl (C=O) groups excluding carboxylic acids is 1. The topological polar surface area (TPSA) is 75.0 Å². The number of imidazole rings is 1. The Kier molecular flexibility index (Phi) is 5.33. The molecule has 1 atom stereocenters. The van der Waals surface area contributed by atoms with E-state index in [1.807, 2.05) is 0 Å². The zero-order valence-corrected chi connectivity index (χ0v) is 12.1.